The summed E-state index contributed by atoms with van der Waals surface area (Å²) in [5.74, 6) is -8.75. The molecule has 1 aromatic heterocycles. The summed E-state index contributed by atoms with van der Waals surface area (Å²) >= 11 is 0. The van der Waals surface area contributed by atoms with Crippen LogP contribution in [-0.2, 0) is 6.18 Å². The largest absolute Gasteiger partial charge is 0.573 e. The van der Waals surface area contributed by atoms with Crippen LogP contribution in [0.3, 0.4) is 0 Å². The Balaban J connectivity index is 2.11. The number of anilines is 1. The van der Waals surface area contributed by atoms with Crippen LogP contribution in [0.5, 0.6) is 23.0 Å². The van der Waals surface area contributed by atoms with Crippen molar-refractivity contribution in [3.05, 3.63) is 71.3 Å². The third kappa shape index (κ3) is 7.68. The fraction of sp³-hybridized carbons (Fsp3) is 0.136. The lowest BCUT2D eigenvalue weighted by atomic mass is 10.1. The first-order chi connectivity index (χ1) is 18.3. The number of pyridine rings is 1. The molecule has 0 aliphatic carbocycles. The van der Waals surface area contributed by atoms with Gasteiger partial charge in [0.15, 0.2) is 17.3 Å². The summed E-state index contributed by atoms with van der Waals surface area (Å²) in [5.41, 5.74) is 1.13. The number of carbonyl (C=O) groups is 2. The third-order valence-electron chi connectivity index (χ3n) is 4.52. The minimum atomic E-state index is -5.30. The zero-order valence-corrected chi connectivity index (χ0v) is 19.2. The zero-order valence-electron chi connectivity index (χ0n) is 19.2. The Morgan fingerprint density at radius 2 is 1.52 bits per heavy atom. The van der Waals surface area contributed by atoms with E-state index < -0.39 is 70.5 Å². The highest BCUT2D eigenvalue weighted by atomic mass is 19.4. The molecule has 40 heavy (non-hydrogen) atoms. The van der Waals surface area contributed by atoms with E-state index in [1.165, 1.54) is 0 Å². The van der Waals surface area contributed by atoms with E-state index in [1.807, 2.05) is 5.32 Å². The maximum atomic E-state index is 15.1. The second-order valence-corrected chi connectivity index (χ2v) is 7.48. The summed E-state index contributed by atoms with van der Waals surface area (Å²) in [6, 6.07) is 4.13. The molecular formula is C22H14F7N3O8. The number of aromatic nitrogens is 1. The second-order valence-electron chi connectivity index (χ2n) is 7.48. The van der Waals surface area contributed by atoms with Crippen LogP contribution in [0.2, 0.25) is 0 Å². The summed E-state index contributed by atoms with van der Waals surface area (Å²) in [7, 11) is 0. The van der Waals surface area contributed by atoms with Crippen molar-refractivity contribution in [2.24, 2.45) is 5.73 Å². The molecule has 3 aromatic rings. The number of carbonyl (C=O) groups excluding carboxylic acids is 2. The summed E-state index contributed by atoms with van der Waals surface area (Å²) < 4.78 is 106. The molecule has 0 unspecified atom stereocenters. The number of alkyl halides is 6. The van der Waals surface area contributed by atoms with Crippen LogP contribution in [0.1, 0.15) is 26.4 Å². The Labute approximate surface area is 217 Å². The van der Waals surface area contributed by atoms with Gasteiger partial charge in [-0.25, -0.2) is 4.39 Å². The molecule has 0 fully saturated rings. The molecule has 0 atom stereocenters. The van der Waals surface area contributed by atoms with E-state index in [1.54, 1.807) is 0 Å². The number of rotatable bonds is 8. The lowest BCUT2D eigenvalue weighted by molar-refractivity contribution is -0.419. The van der Waals surface area contributed by atoms with E-state index in [0.717, 1.165) is 18.3 Å². The summed E-state index contributed by atoms with van der Waals surface area (Å²) in [6.45, 7) is 0. The van der Waals surface area contributed by atoms with Crippen LogP contribution in [0.4, 0.5) is 36.4 Å². The van der Waals surface area contributed by atoms with E-state index in [4.69, 9.17) is 25.8 Å². The standard InChI is InChI=1S/C22H14F7N3O8/c23-17-11(20(24,25)26)2-4-14(16(17)19(34)32-9-5-6-31-12(7-9)18(30)33)38-13-3-1-10(39-21(27,28)29)8-15(13)40-22(35,36)37/h1-8,35-37H,(H2,30,33)(H,31,32,34). The third-order valence-corrected chi connectivity index (χ3v) is 4.52. The van der Waals surface area contributed by atoms with E-state index in [0.29, 0.717) is 24.3 Å². The van der Waals surface area contributed by atoms with Gasteiger partial charge in [0.1, 0.15) is 22.8 Å². The molecule has 0 radical (unpaired) electrons. The predicted octanol–water partition coefficient (Wildman–Crippen LogP) is 3.25. The Morgan fingerprint density at radius 3 is 2.10 bits per heavy atom. The molecule has 0 aliphatic heterocycles. The SMILES string of the molecule is NC(=O)c1cc(NC(=O)c2c(Oc3ccc(OC(F)(F)F)cc3OC(O)(O)O)ccc(C(F)(F)F)c2F)ccn1. The molecule has 0 spiro atoms. The van der Waals surface area contributed by atoms with Gasteiger partial charge in [-0.3, -0.25) is 14.6 Å². The molecule has 2 amide bonds. The number of halogens is 7. The molecule has 6 N–H and O–H groups in total. The molecule has 214 valence electrons. The maximum Gasteiger partial charge on any atom is 0.573 e. The van der Waals surface area contributed by atoms with Gasteiger partial charge in [0.05, 0.1) is 5.56 Å². The Hall–Kier alpha value is -4.68. The lowest BCUT2D eigenvalue weighted by Gasteiger charge is -2.20. The minimum Gasteiger partial charge on any atom is -0.453 e. The topological polar surface area (TPSA) is 173 Å². The molecule has 3 rings (SSSR count). The average molecular weight is 581 g/mol. The monoisotopic (exact) mass is 581 g/mol. The summed E-state index contributed by atoms with van der Waals surface area (Å²) in [5, 5.41) is 29.3. The first-order valence-corrected chi connectivity index (χ1v) is 10.2. The predicted molar refractivity (Wildman–Crippen MR) is 115 cm³/mol. The number of ether oxygens (including phenoxy) is 3. The van der Waals surface area contributed by atoms with Gasteiger partial charge in [0.2, 0.25) is 0 Å². The van der Waals surface area contributed by atoms with Crippen LogP contribution in [0, 0.1) is 5.82 Å². The lowest BCUT2D eigenvalue weighted by Crippen LogP contribution is -2.34. The van der Waals surface area contributed by atoms with Gasteiger partial charge in [-0.05, 0) is 36.4 Å². The van der Waals surface area contributed by atoms with Crippen LogP contribution in [0.15, 0.2) is 48.7 Å². The van der Waals surface area contributed by atoms with Crippen LogP contribution in [0.25, 0.3) is 0 Å². The van der Waals surface area contributed by atoms with Crippen molar-refractivity contribution in [2.75, 3.05) is 5.32 Å². The van der Waals surface area contributed by atoms with E-state index in [2.05, 4.69) is 14.5 Å². The highest BCUT2D eigenvalue weighted by Gasteiger charge is 2.38. The fourth-order valence-electron chi connectivity index (χ4n) is 3.03. The van der Waals surface area contributed by atoms with Gasteiger partial charge >= 0.3 is 18.7 Å². The Bertz CT molecular complexity index is 1440. The van der Waals surface area contributed by atoms with Gasteiger partial charge in [0.25, 0.3) is 11.8 Å². The van der Waals surface area contributed by atoms with Gasteiger partial charge in [0, 0.05) is 18.0 Å². The molecule has 11 nitrogen and oxygen atoms in total. The number of aliphatic hydroxyl groups is 3. The van der Waals surface area contributed by atoms with Crippen molar-refractivity contribution >= 4 is 17.5 Å². The van der Waals surface area contributed by atoms with Crippen LogP contribution >= 0.6 is 0 Å². The molecular weight excluding hydrogens is 567 g/mol. The number of primary amides is 1. The van der Waals surface area contributed by atoms with E-state index in [9.17, 15) is 35.9 Å². The normalized spacial score (nSPS) is 12.1. The number of hydrogen-bond donors (Lipinski definition) is 5. The zero-order chi connectivity index (χ0) is 30.0. The fourth-order valence-corrected chi connectivity index (χ4v) is 3.03. The molecule has 0 saturated carbocycles. The first-order valence-electron chi connectivity index (χ1n) is 10.2. The molecule has 18 heteroatoms. The molecule has 2 aromatic carbocycles. The number of nitrogens with zero attached hydrogens (tertiary/aromatic N) is 1. The molecule has 0 saturated heterocycles. The van der Waals surface area contributed by atoms with Crippen molar-refractivity contribution in [2.45, 2.75) is 18.7 Å². The van der Waals surface area contributed by atoms with Crippen molar-refractivity contribution in [3.63, 3.8) is 0 Å². The van der Waals surface area contributed by atoms with Crippen molar-refractivity contribution in [1.29, 1.82) is 0 Å². The number of amides is 2. The smallest absolute Gasteiger partial charge is 0.453 e. The Morgan fingerprint density at radius 1 is 0.875 bits per heavy atom. The van der Waals surface area contributed by atoms with Gasteiger partial charge in [-0.15, -0.1) is 13.2 Å². The number of nitrogens with one attached hydrogen (secondary N) is 1. The summed E-state index contributed by atoms with van der Waals surface area (Å²) in [6.07, 6.45) is -13.6. The van der Waals surface area contributed by atoms with Crippen LogP contribution < -0.4 is 25.3 Å². The van der Waals surface area contributed by atoms with Gasteiger partial charge < -0.3 is 40.6 Å². The highest BCUT2D eigenvalue weighted by Crippen LogP contribution is 2.41. The Kier molecular flexibility index (Phi) is 8.09. The van der Waals surface area contributed by atoms with Crippen molar-refractivity contribution in [1.82, 2.24) is 4.98 Å². The van der Waals surface area contributed by atoms with Gasteiger partial charge in [-0.2, -0.15) is 13.2 Å². The highest BCUT2D eigenvalue weighted by molar-refractivity contribution is 6.07. The van der Waals surface area contributed by atoms with Crippen LogP contribution in [-0.4, -0.2) is 44.6 Å². The summed E-state index contributed by atoms with van der Waals surface area (Å²) in [4.78, 5) is 27.8. The first kappa shape index (κ1) is 29.9. The molecule has 0 aliphatic rings. The van der Waals surface area contributed by atoms with E-state index >= 15 is 4.39 Å². The maximum absolute atomic E-state index is 15.1. The minimum absolute atomic E-state index is 0.176. The van der Waals surface area contributed by atoms with Gasteiger partial charge in [-0.1, -0.05) is 0 Å². The average Bonchev–Trinajstić information content (AvgIpc) is 2.78. The van der Waals surface area contributed by atoms with E-state index in [-0.39, 0.29) is 17.4 Å². The number of nitrogens with two attached hydrogens (primary N) is 1. The van der Waals surface area contributed by atoms with Crippen molar-refractivity contribution in [3.8, 4) is 23.0 Å². The quantitative estimate of drug-likeness (QED) is 0.198. The second kappa shape index (κ2) is 10.8. The number of hydrogen-bond acceptors (Lipinski definition) is 9. The molecule has 1 heterocycles. The number of benzene rings is 2. The van der Waals surface area contributed by atoms with Crippen molar-refractivity contribution < 1.29 is 69.9 Å². The molecule has 0 bridgehead atoms.